The molecule has 1 aliphatic rings. The van der Waals surface area contributed by atoms with Gasteiger partial charge in [-0.15, -0.1) is 0 Å². The van der Waals surface area contributed by atoms with Crippen molar-refractivity contribution in [1.29, 1.82) is 0 Å². The lowest BCUT2D eigenvalue weighted by Gasteiger charge is -2.25. The number of aliphatic hydroxyl groups excluding tert-OH is 1. The zero-order chi connectivity index (χ0) is 10.9. The molecule has 0 aromatic rings. The molecule has 0 bridgehead atoms. The van der Waals surface area contributed by atoms with Gasteiger partial charge in [-0.3, -0.25) is 10.1 Å². The molecule has 2 atom stereocenters. The minimum atomic E-state index is -1.76. The van der Waals surface area contributed by atoms with E-state index in [1.54, 1.807) is 0 Å². The molecular formula is C8H9NO5. The summed E-state index contributed by atoms with van der Waals surface area (Å²) in [4.78, 5) is 20.5. The predicted molar refractivity (Wildman–Crippen MR) is 46.3 cm³/mol. The van der Waals surface area contributed by atoms with Gasteiger partial charge in [0.05, 0.1) is 5.57 Å². The zero-order valence-electron chi connectivity index (χ0n) is 7.38. The highest BCUT2D eigenvalue weighted by molar-refractivity contribution is 5.89. The second-order valence-corrected chi connectivity index (χ2v) is 3.17. The number of allylic oxidation sites excluding steroid dienone is 2. The van der Waals surface area contributed by atoms with Crippen LogP contribution in [0.5, 0.6) is 0 Å². The zero-order valence-corrected chi connectivity index (χ0v) is 7.38. The van der Waals surface area contributed by atoms with Crippen molar-refractivity contribution in [1.82, 2.24) is 0 Å². The number of nitro groups is 1. The summed E-state index contributed by atoms with van der Waals surface area (Å²) in [5.41, 5.74) is -2.13. The van der Waals surface area contributed by atoms with E-state index in [2.05, 4.69) is 0 Å². The van der Waals surface area contributed by atoms with Gasteiger partial charge in [0, 0.05) is 11.8 Å². The van der Waals surface area contributed by atoms with Gasteiger partial charge in [-0.1, -0.05) is 6.08 Å². The molecule has 6 nitrogen and oxygen atoms in total. The maximum absolute atomic E-state index is 10.6. The van der Waals surface area contributed by atoms with Gasteiger partial charge in [0.25, 0.3) is 5.54 Å². The van der Waals surface area contributed by atoms with Gasteiger partial charge in [0.1, 0.15) is 0 Å². The van der Waals surface area contributed by atoms with E-state index in [-0.39, 0.29) is 5.57 Å². The molecule has 0 amide bonds. The van der Waals surface area contributed by atoms with Gasteiger partial charge in [-0.05, 0) is 12.2 Å². The van der Waals surface area contributed by atoms with E-state index < -0.39 is 22.5 Å². The monoisotopic (exact) mass is 199 g/mol. The molecule has 14 heavy (non-hydrogen) atoms. The Morgan fingerprint density at radius 1 is 1.71 bits per heavy atom. The lowest BCUT2D eigenvalue weighted by atomic mass is 9.86. The van der Waals surface area contributed by atoms with Crippen LogP contribution in [-0.4, -0.2) is 32.7 Å². The van der Waals surface area contributed by atoms with Crippen molar-refractivity contribution in [2.75, 3.05) is 0 Å². The normalized spacial score (nSPS) is 31.0. The van der Waals surface area contributed by atoms with Crippen LogP contribution in [0.1, 0.15) is 6.92 Å². The van der Waals surface area contributed by atoms with Crippen molar-refractivity contribution in [3.05, 3.63) is 33.9 Å². The summed E-state index contributed by atoms with van der Waals surface area (Å²) in [6, 6.07) is 0. The van der Waals surface area contributed by atoms with Gasteiger partial charge in [0.2, 0.25) is 0 Å². The van der Waals surface area contributed by atoms with Crippen LogP contribution in [0.15, 0.2) is 23.8 Å². The lowest BCUT2D eigenvalue weighted by molar-refractivity contribution is -0.560. The number of carboxylic acids is 1. The van der Waals surface area contributed by atoms with E-state index in [0.717, 1.165) is 6.08 Å². The van der Waals surface area contributed by atoms with Crippen LogP contribution in [-0.2, 0) is 4.79 Å². The Bertz CT molecular complexity index is 346. The molecule has 0 radical (unpaired) electrons. The third-order valence-corrected chi connectivity index (χ3v) is 2.20. The molecule has 6 heteroatoms. The topological polar surface area (TPSA) is 101 Å². The predicted octanol–water partition coefficient (Wildman–Crippen LogP) is -0.0365. The van der Waals surface area contributed by atoms with Crippen LogP contribution in [0.25, 0.3) is 0 Å². The quantitative estimate of drug-likeness (QED) is 0.480. The molecule has 0 aromatic carbocycles. The molecule has 1 aliphatic carbocycles. The Kier molecular flexibility index (Phi) is 2.39. The molecule has 0 fully saturated rings. The molecule has 2 unspecified atom stereocenters. The van der Waals surface area contributed by atoms with Gasteiger partial charge < -0.3 is 10.2 Å². The first-order chi connectivity index (χ1) is 6.39. The van der Waals surface area contributed by atoms with Crippen molar-refractivity contribution >= 4 is 5.97 Å². The molecule has 0 aliphatic heterocycles. The van der Waals surface area contributed by atoms with Crippen LogP contribution in [0.4, 0.5) is 0 Å². The molecule has 0 aromatic heterocycles. The lowest BCUT2D eigenvalue weighted by Crippen LogP contribution is -2.48. The molecule has 0 spiro atoms. The summed E-state index contributed by atoms with van der Waals surface area (Å²) in [7, 11) is 0. The van der Waals surface area contributed by atoms with Crippen molar-refractivity contribution in [2.45, 2.75) is 18.6 Å². The van der Waals surface area contributed by atoms with E-state index >= 15 is 0 Å². The Labute approximate surface area is 79.3 Å². The first kappa shape index (κ1) is 10.4. The van der Waals surface area contributed by atoms with E-state index in [1.165, 1.54) is 19.1 Å². The van der Waals surface area contributed by atoms with E-state index in [9.17, 15) is 20.0 Å². The number of aliphatic hydroxyl groups is 1. The van der Waals surface area contributed by atoms with E-state index in [0.29, 0.717) is 0 Å². The Morgan fingerprint density at radius 3 is 2.71 bits per heavy atom. The van der Waals surface area contributed by atoms with Crippen LogP contribution in [0.3, 0.4) is 0 Å². The van der Waals surface area contributed by atoms with Crippen LogP contribution < -0.4 is 0 Å². The summed E-state index contributed by atoms with van der Waals surface area (Å²) >= 11 is 0. The number of carbonyl (C=O) groups is 1. The molecular weight excluding hydrogens is 190 g/mol. The van der Waals surface area contributed by atoms with Crippen molar-refractivity contribution in [3.63, 3.8) is 0 Å². The standard InChI is InChI=1S/C8H9NO5/c1-8(9(13)14)4-2-3-5(6(8)10)7(11)12/h2-4,6,10H,1H3,(H,11,12). The maximum Gasteiger partial charge on any atom is 0.334 e. The molecule has 1 rings (SSSR count). The van der Waals surface area contributed by atoms with E-state index in [4.69, 9.17) is 5.11 Å². The number of hydrogen-bond donors (Lipinski definition) is 2. The Morgan fingerprint density at radius 2 is 2.29 bits per heavy atom. The third kappa shape index (κ3) is 1.39. The fourth-order valence-corrected chi connectivity index (χ4v) is 1.19. The molecule has 2 N–H and O–H groups in total. The third-order valence-electron chi connectivity index (χ3n) is 2.20. The van der Waals surface area contributed by atoms with Gasteiger partial charge >= 0.3 is 5.97 Å². The SMILES string of the molecule is CC1([N+](=O)[O-])C=CC=C(C(=O)O)C1O. The first-order valence-corrected chi connectivity index (χ1v) is 3.85. The van der Waals surface area contributed by atoms with Crippen molar-refractivity contribution in [2.24, 2.45) is 0 Å². The summed E-state index contributed by atoms with van der Waals surface area (Å²) < 4.78 is 0. The maximum atomic E-state index is 10.6. The van der Waals surface area contributed by atoms with Crippen molar-refractivity contribution < 1.29 is 19.9 Å². The minimum Gasteiger partial charge on any atom is -0.478 e. The number of carboxylic acid groups (broad SMARTS) is 1. The number of nitrogens with zero attached hydrogens (tertiary/aromatic N) is 1. The van der Waals surface area contributed by atoms with Gasteiger partial charge in [-0.25, -0.2) is 4.79 Å². The Balaban J connectivity index is 3.11. The van der Waals surface area contributed by atoms with Gasteiger partial charge in [0.15, 0.2) is 6.10 Å². The smallest absolute Gasteiger partial charge is 0.334 e. The van der Waals surface area contributed by atoms with Crippen LogP contribution in [0.2, 0.25) is 0 Å². The fraction of sp³-hybridized carbons (Fsp3) is 0.375. The fourth-order valence-electron chi connectivity index (χ4n) is 1.19. The molecule has 0 saturated carbocycles. The van der Waals surface area contributed by atoms with Gasteiger partial charge in [-0.2, -0.15) is 0 Å². The first-order valence-electron chi connectivity index (χ1n) is 3.85. The summed E-state index contributed by atoms with van der Waals surface area (Å²) in [5.74, 6) is -1.35. The minimum absolute atomic E-state index is 0.369. The summed E-state index contributed by atoms with van der Waals surface area (Å²) in [6.45, 7) is 1.17. The summed E-state index contributed by atoms with van der Waals surface area (Å²) in [5, 5.41) is 28.8. The number of rotatable bonds is 2. The second kappa shape index (κ2) is 3.22. The number of aliphatic carboxylic acids is 1. The molecule has 0 saturated heterocycles. The van der Waals surface area contributed by atoms with Crippen molar-refractivity contribution in [3.8, 4) is 0 Å². The van der Waals surface area contributed by atoms with Crippen LogP contribution in [0, 0.1) is 10.1 Å². The molecule has 0 heterocycles. The Hall–Kier alpha value is -1.69. The van der Waals surface area contributed by atoms with Crippen LogP contribution >= 0.6 is 0 Å². The average molecular weight is 199 g/mol. The highest BCUT2D eigenvalue weighted by Crippen LogP contribution is 2.26. The molecule has 76 valence electrons. The highest BCUT2D eigenvalue weighted by Gasteiger charge is 2.47. The largest absolute Gasteiger partial charge is 0.478 e. The number of hydrogen-bond acceptors (Lipinski definition) is 4. The average Bonchev–Trinajstić information content (AvgIpc) is 2.09. The second-order valence-electron chi connectivity index (χ2n) is 3.17. The summed E-state index contributed by atoms with van der Waals surface area (Å²) in [6.07, 6.45) is 1.96. The van der Waals surface area contributed by atoms with E-state index in [1.807, 2.05) is 0 Å². The highest BCUT2D eigenvalue weighted by atomic mass is 16.6.